The van der Waals surface area contributed by atoms with Crippen molar-refractivity contribution in [1.29, 1.82) is 0 Å². The number of carbonyl (C=O) groups excluding carboxylic acids is 1. The van der Waals surface area contributed by atoms with Gasteiger partial charge in [-0.3, -0.25) is 9.78 Å². The van der Waals surface area contributed by atoms with E-state index in [1.165, 1.54) is 18.2 Å². The van der Waals surface area contributed by atoms with Gasteiger partial charge in [-0.25, -0.2) is 0 Å². The van der Waals surface area contributed by atoms with E-state index in [0.29, 0.717) is 5.69 Å². The van der Waals surface area contributed by atoms with E-state index in [2.05, 4.69) is 4.98 Å². The summed E-state index contributed by atoms with van der Waals surface area (Å²) in [6.07, 6.45) is -3.10. The quantitative estimate of drug-likeness (QED) is 0.799. The molecular weight excluding hydrogens is 267 g/mol. The van der Waals surface area contributed by atoms with Gasteiger partial charge in [-0.05, 0) is 24.6 Å². The van der Waals surface area contributed by atoms with Gasteiger partial charge in [-0.2, -0.15) is 13.2 Å². The number of benzene rings is 1. The summed E-state index contributed by atoms with van der Waals surface area (Å²) in [6, 6.07) is 8.21. The summed E-state index contributed by atoms with van der Waals surface area (Å²) in [5, 5.41) is 0. The number of aryl methyl sites for hydroxylation is 1. The SMILES string of the molecule is Cc1ccc(CC(=O)c2ccccc2C(F)(F)F)nc1. The van der Waals surface area contributed by atoms with Crippen molar-refractivity contribution in [3.63, 3.8) is 0 Å². The number of halogens is 3. The number of pyridine rings is 1. The van der Waals surface area contributed by atoms with Crippen molar-refractivity contribution in [2.24, 2.45) is 0 Å². The first kappa shape index (κ1) is 14.2. The molecule has 0 atom stereocenters. The fourth-order valence-corrected chi connectivity index (χ4v) is 1.84. The Morgan fingerprint density at radius 3 is 2.45 bits per heavy atom. The molecule has 0 unspecified atom stereocenters. The summed E-state index contributed by atoms with van der Waals surface area (Å²) in [7, 11) is 0. The lowest BCUT2D eigenvalue weighted by Crippen LogP contribution is -2.14. The van der Waals surface area contributed by atoms with Gasteiger partial charge in [0.25, 0.3) is 0 Å². The molecular formula is C15H12F3NO. The lowest BCUT2D eigenvalue weighted by Gasteiger charge is -2.11. The molecule has 0 saturated heterocycles. The minimum Gasteiger partial charge on any atom is -0.294 e. The smallest absolute Gasteiger partial charge is 0.294 e. The van der Waals surface area contributed by atoms with Crippen molar-refractivity contribution in [3.05, 3.63) is 65.0 Å². The second-order valence-electron chi connectivity index (χ2n) is 4.47. The number of hydrogen-bond donors (Lipinski definition) is 0. The Morgan fingerprint density at radius 1 is 1.15 bits per heavy atom. The molecule has 20 heavy (non-hydrogen) atoms. The van der Waals surface area contributed by atoms with Crippen molar-refractivity contribution < 1.29 is 18.0 Å². The number of rotatable bonds is 3. The third kappa shape index (κ3) is 3.23. The zero-order valence-corrected chi connectivity index (χ0v) is 10.7. The number of nitrogens with zero attached hydrogens (tertiary/aromatic N) is 1. The molecule has 1 aromatic carbocycles. The molecule has 0 spiro atoms. The highest BCUT2D eigenvalue weighted by Crippen LogP contribution is 2.32. The monoisotopic (exact) mass is 279 g/mol. The van der Waals surface area contributed by atoms with Crippen molar-refractivity contribution >= 4 is 5.78 Å². The molecule has 0 radical (unpaired) electrons. The summed E-state index contributed by atoms with van der Waals surface area (Å²) >= 11 is 0. The highest BCUT2D eigenvalue weighted by atomic mass is 19.4. The number of Topliss-reactive ketones (excluding diaryl/α,β-unsaturated/α-hetero) is 1. The van der Waals surface area contributed by atoms with E-state index < -0.39 is 17.5 Å². The molecule has 0 N–H and O–H groups in total. The topological polar surface area (TPSA) is 30.0 Å². The summed E-state index contributed by atoms with van der Waals surface area (Å²) in [6.45, 7) is 1.84. The van der Waals surface area contributed by atoms with Crippen LogP contribution in [0.15, 0.2) is 42.6 Å². The van der Waals surface area contributed by atoms with E-state index in [0.717, 1.165) is 11.6 Å². The van der Waals surface area contributed by atoms with Gasteiger partial charge in [0.2, 0.25) is 0 Å². The number of hydrogen-bond acceptors (Lipinski definition) is 2. The lowest BCUT2D eigenvalue weighted by molar-refractivity contribution is -0.137. The van der Waals surface area contributed by atoms with Gasteiger partial charge in [0.1, 0.15) is 0 Å². The van der Waals surface area contributed by atoms with Crippen LogP contribution in [0.5, 0.6) is 0 Å². The average Bonchev–Trinajstić information content (AvgIpc) is 2.40. The molecule has 0 aliphatic carbocycles. The number of alkyl halides is 3. The lowest BCUT2D eigenvalue weighted by atomic mass is 10.00. The number of aromatic nitrogens is 1. The summed E-state index contributed by atoms with van der Waals surface area (Å²) in [4.78, 5) is 16.1. The Morgan fingerprint density at radius 2 is 1.85 bits per heavy atom. The van der Waals surface area contributed by atoms with Gasteiger partial charge in [-0.1, -0.05) is 24.3 Å². The van der Waals surface area contributed by atoms with Crippen LogP contribution in [0.2, 0.25) is 0 Å². The molecule has 0 saturated carbocycles. The predicted molar refractivity (Wildman–Crippen MR) is 68.5 cm³/mol. The third-order valence-corrected chi connectivity index (χ3v) is 2.85. The standard InChI is InChI=1S/C15H12F3NO/c1-10-6-7-11(19-9-10)8-14(20)12-4-2-3-5-13(12)15(16,17)18/h2-7,9H,8H2,1H3. The minimum absolute atomic E-state index is 0.145. The maximum Gasteiger partial charge on any atom is 0.417 e. The number of carbonyl (C=O) groups is 1. The second kappa shape index (κ2) is 5.45. The fraction of sp³-hybridized carbons (Fsp3) is 0.200. The van der Waals surface area contributed by atoms with Crippen molar-refractivity contribution in [2.75, 3.05) is 0 Å². The highest BCUT2D eigenvalue weighted by molar-refractivity contribution is 5.98. The molecule has 1 aromatic heterocycles. The first-order chi connectivity index (χ1) is 9.38. The van der Waals surface area contributed by atoms with Gasteiger partial charge >= 0.3 is 6.18 Å². The van der Waals surface area contributed by atoms with E-state index >= 15 is 0 Å². The van der Waals surface area contributed by atoms with E-state index in [4.69, 9.17) is 0 Å². The van der Waals surface area contributed by atoms with E-state index in [1.807, 2.05) is 6.92 Å². The van der Waals surface area contributed by atoms with Gasteiger partial charge < -0.3 is 0 Å². The van der Waals surface area contributed by atoms with Crippen LogP contribution < -0.4 is 0 Å². The van der Waals surface area contributed by atoms with E-state index in [1.54, 1.807) is 18.3 Å². The molecule has 5 heteroatoms. The first-order valence-electron chi connectivity index (χ1n) is 5.99. The molecule has 2 aromatic rings. The Hall–Kier alpha value is -2.17. The Bertz CT molecular complexity index is 618. The molecule has 2 nitrogen and oxygen atoms in total. The maximum atomic E-state index is 12.8. The van der Waals surface area contributed by atoms with Crippen LogP contribution in [0.3, 0.4) is 0 Å². The van der Waals surface area contributed by atoms with Gasteiger partial charge in [-0.15, -0.1) is 0 Å². The minimum atomic E-state index is -4.53. The van der Waals surface area contributed by atoms with Crippen LogP contribution >= 0.6 is 0 Å². The highest BCUT2D eigenvalue weighted by Gasteiger charge is 2.34. The second-order valence-corrected chi connectivity index (χ2v) is 4.47. The summed E-state index contributed by atoms with van der Waals surface area (Å²) in [5.41, 5.74) is 0.161. The van der Waals surface area contributed by atoms with Gasteiger partial charge in [0, 0.05) is 17.5 Å². The Kier molecular flexibility index (Phi) is 3.88. The average molecular weight is 279 g/mol. The van der Waals surface area contributed by atoms with E-state index in [-0.39, 0.29) is 12.0 Å². The zero-order valence-electron chi connectivity index (χ0n) is 10.7. The molecule has 0 aliphatic rings. The Balaban J connectivity index is 2.28. The predicted octanol–water partition coefficient (Wildman–Crippen LogP) is 3.83. The van der Waals surface area contributed by atoms with Crippen LogP contribution in [-0.2, 0) is 12.6 Å². The van der Waals surface area contributed by atoms with Crippen LogP contribution in [0.1, 0.15) is 27.2 Å². The molecule has 2 rings (SSSR count). The van der Waals surface area contributed by atoms with Gasteiger partial charge in [0.15, 0.2) is 5.78 Å². The maximum absolute atomic E-state index is 12.8. The summed E-state index contributed by atoms with van der Waals surface area (Å²) < 4.78 is 38.5. The largest absolute Gasteiger partial charge is 0.417 e. The van der Waals surface area contributed by atoms with Crippen LogP contribution in [0, 0.1) is 6.92 Å². The van der Waals surface area contributed by atoms with Crippen LogP contribution in [0.4, 0.5) is 13.2 Å². The van der Waals surface area contributed by atoms with Gasteiger partial charge in [0.05, 0.1) is 12.0 Å². The van der Waals surface area contributed by atoms with Crippen molar-refractivity contribution in [1.82, 2.24) is 4.98 Å². The van der Waals surface area contributed by atoms with Crippen LogP contribution in [-0.4, -0.2) is 10.8 Å². The molecule has 0 aliphatic heterocycles. The molecule has 104 valence electrons. The van der Waals surface area contributed by atoms with Crippen molar-refractivity contribution in [2.45, 2.75) is 19.5 Å². The summed E-state index contributed by atoms with van der Waals surface area (Å²) in [5.74, 6) is -0.589. The fourth-order valence-electron chi connectivity index (χ4n) is 1.84. The molecule has 0 amide bonds. The third-order valence-electron chi connectivity index (χ3n) is 2.85. The normalized spacial score (nSPS) is 11.4. The van der Waals surface area contributed by atoms with Crippen molar-refractivity contribution in [3.8, 4) is 0 Å². The van der Waals surface area contributed by atoms with E-state index in [9.17, 15) is 18.0 Å². The number of ketones is 1. The molecule has 0 bridgehead atoms. The first-order valence-corrected chi connectivity index (χ1v) is 5.99. The molecule has 1 heterocycles. The molecule has 0 fully saturated rings. The zero-order chi connectivity index (χ0) is 14.8. The Labute approximate surface area is 114 Å². The van der Waals surface area contributed by atoms with Crippen LogP contribution in [0.25, 0.3) is 0 Å².